The highest BCUT2D eigenvalue weighted by Gasteiger charge is 2.33. The molecule has 0 heterocycles. The summed E-state index contributed by atoms with van der Waals surface area (Å²) >= 11 is 0. The van der Waals surface area contributed by atoms with E-state index in [1.807, 2.05) is 0 Å². The first-order valence-electron chi connectivity index (χ1n) is 18.0. The van der Waals surface area contributed by atoms with Gasteiger partial charge in [0.05, 0.1) is 17.8 Å². The van der Waals surface area contributed by atoms with E-state index in [0.29, 0.717) is 32.0 Å². The maximum atomic E-state index is 13.0. The number of carbonyl (C=O) groups is 1. The first-order chi connectivity index (χ1) is 21.2. The van der Waals surface area contributed by atoms with Crippen LogP contribution in [0.2, 0.25) is 0 Å². The van der Waals surface area contributed by atoms with Crippen LogP contribution in [0.5, 0.6) is 0 Å². The average molecular weight is 618 g/mol. The Morgan fingerprint density at radius 3 is 2.00 bits per heavy atom. The van der Waals surface area contributed by atoms with Crippen LogP contribution in [0, 0.1) is 5.92 Å². The minimum absolute atomic E-state index is 0.0856. The van der Waals surface area contributed by atoms with Gasteiger partial charge >= 0.3 is 5.97 Å². The quantitative estimate of drug-likeness (QED) is 0.0578. The van der Waals surface area contributed by atoms with Gasteiger partial charge in [0.2, 0.25) is 0 Å². The Hall–Kier alpha value is -1.83. The van der Waals surface area contributed by atoms with Gasteiger partial charge in [-0.05, 0) is 45.7 Å². The van der Waals surface area contributed by atoms with Gasteiger partial charge < -0.3 is 29.7 Å². The first-order valence-corrected chi connectivity index (χ1v) is 18.0. The van der Waals surface area contributed by atoms with Gasteiger partial charge in [-0.15, -0.1) is 0 Å². The molecule has 254 valence electrons. The van der Waals surface area contributed by atoms with Crippen LogP contribution in [0.4, 0.5) is 0 Å². The Morgan fingerprint density at radius 1 is 0.841 bits per heavy atom. The third kappa shape index (κ3) is 15.4. The van der Waals surface area contributed by atoms with Crippen molar-refractivity contribution in [2.24, 2.45) is 5.92 Å². The summed E-state index contributed by atoms with van der Waals surface area (Å²) in [6, 6.07) is 0.233. The van der Waals surface area contributed by atoms with E-state index in [9.17, 15) is 4.79 Å². The lowest BCUT2D eigenvalue weighted by atomic mass is 9.82. The zero-order valence-corrected chi connectivity index (χ0v) is 29.2. The predicted molar refractivity (Wildman–Crippen MR) is 183 cm³/mol. The molecule has 0 aromatic rings. The molecule has 2 rings (SSSR count). The van der Waals surface area contributed by atoms with E-state index >= 15 is 0 Å². The molecule has 0 aromatic heterocycles. The van der Waals surface area contributed by atoms with Crippen molar-refractivity contribution in [3.63, 3.8) is 0 Å². The summed E-state index contributed by atoms with van der Waals surface area (Å²) in [4.78, 5) is 15.1. The van der Waals surface area contributed by atoms with Crippen LogP contribution in [0.1, 0.15) is 130 Å². The molecule has 44 heavy (non-hydrogen) atoms. The molecule has 1 saturated carbocycles. The van der Waals surface area contributed by atoms with E-state index in [4.69, 9.17) is 14.2 Å². The summed E-state index contributed by atoms with van der Waals surface area (Å²) in [5.41, 5.74) is 4.07. The molecule has 3 unspecified atom stereocenters. The second-order valence-corrected chi connectivity index (χ2v) is 13.4. The lowest BCUT2D eigenvalue weighted by Gasteiger charge is -2.38. The van der Waals surface area contributed by atoms with E-state index in [2.05, 4.69) is 63.6 Å². The van der Waals surface area contributed by atoms with Gasteiger partial charge in [-0.2, -0.15) is 0 Å². The number of unbranched alkanes of at least 4 members (excludes halogenated alkanes) is 10. The van der Waals surface area contributed by atoms with Crippen molar-refractivity contribution in [1.82, 2.24) is 15.5 Å². The van der Waals surface area contributed by atoms with Gasteiger partial charge in [-0.25, -0.2) is 0 Å². The molecule has 1 fully saturated rings. The van der Waals surface area contributed by atoms with Gasteiger partial charge in [-0.3, -0.25) is 4.79 Å². The van der Waals surface area contributed by atoms with Crippen LogP contribution in [0.25, 0.3) is 0 Å². The fourth-order valence-corrected chi connectivity index (χ4v) is 6.15. The van der Waals surface area contributed by atoms with Crippen molar-refractivity contribution < 1.29 is 19.0 Å². The zero-order chi connectivity index (χ0) is 32.2. The Kier molecular flexibility index (Phi) is 19.7. The van der Waals surface area contributed by atoms with Crippen molar-refractivity contribution in [3.05, 3.63) is 35.7 Å². The van der Waals surface area contributed by atoms with Crippen LogP contribution < -0.4 is 10.6 Å². The highest BCUT2D eigenvalue weighted by molar-refractivity contribution is 5.69. The van der Waals surface area contributed by atoms with Crippen molar-refractivity contribution in [1.29, 1.82) is 0 Å². The summed E-state index contributed by atoms with van der Waals surface area (Å²) in [6.45, 7) is 18.3. The highest BCUT2D eigenvalue weighted by atomic mass is 16.7. The second kappa shape index (κ2) is 22.6. The molecule has 0 radical (unpaired) electrons. The molecule has 0 amide bonds. The van der Waals surface area contributed by atoms with Crippen LogP contribution in [-0.2, 0) is 19.0 Å². The number of nitrogens with zero attached hydrogens (tertiary/aromatic N) is 1. The summed E-state index contributed by atoms with van der Waals surface area (Å²) in [5, 5.41) is 7.23. The molecule has 7 heteroatoms. The highest BCUT2D eigenvalue weighted by Crippen LogP contribution is 2.36. The normalized spacial score (nSPS) is 20.4. The second-order valence-electron chi connectivity index (χ2n) is 13.4. The average Bonchev–Trinajstić information content (AvgIpc) is 2.99. The number of ether oxygens (including phenoxy) is 3. The van der Waals surface area contributed by atoms with Crippen LogP contribution in [-0.4, -0.2) is 69.7 Å². The Morgan fingerprint density at radius 2 is 1.41 bits per heavy atom. The number of esters is 1. The third-order valence-electron chi connectivity index (χ3n) is 8.81. The minimum atomic E-state index is -0.336. The standard InChI is InChI=1S/C37H67N3O4/c1-8-10-12-14-16-18-24-42-35(43-25-19-17-15-13-11-9-2)21-20-34(41)44-33-27-29(3)26-32(28-33)39-37-31(5)30(4)36(37)38-22-23-40(6)7/h29,32-33,35,38-39H,4-5,8-28H2,1-3,6-7H3. The molecule has 2 aliphatic rings. The monoisotopic (exact) mass is 618 g/mol. The van der Waals surface area contributed by atoms with Crippen molar-refractivity contribution >= 4 is 5.97 Å². The van der Waals surface area contributed by atoms with Gasteiger partial charge in [0.15, 0.2) is 6.29 Å². The molecule has 0 saturated heterocycles. The SMILES string of the molecule is C=C1C(=C)C(NC2CC(C)CC(OC(=O)CCC(OCCCCCCCC)OCCCCCCCC)C2)=C1NCCN(C)C. The van der Waals surface area contributed by atoms with Crippen molar-refractivity contribution in [3.8, 4) is 0 Å². The van der Waals surface area contributed by atoms with Gasteiger partial charge in [0, 0.05) is 56.3 Å². The number of hydrogen-bond acceptors (Lipinski definition) is 7. The maximum absolute atomic E-state index is 13.0. The number of likely N-dealkylation sites (N-methyl/N-ethyl adjacent to an activating group) is 1. The van der Waals surface area contributed by atoms with Crippen LogP contribution in [0.3, 0.4) is 0 Å². The minimum Gasteiger partial charge on any atom is -0.462 e. The van der Waals surface area contributed by atoms with Crippen molar-refractivity contribution in [2.45, 2.75) is 148 Å². The van der Waals surface area contributed by atoms with Crippen LogP contribution >= 0.6 is 0 Å². The molecule has 0 bridgehead atoms. The smallest absolute Gasteiger partial charge is 0.306 e. The molecule has 0 aliphatic heterocycles. The van der Waals surface area contributed by atoms with Gasteiger partial charge in [0.25, 0.3) is 0 Å². The lowest BCUT2D eigenvalue weighted by Crippen LogP contribution is -2.44. The molecule has 2 N–H and O–H groups in total. The summed E-state index contributed by atoms with van der Waals surface area (Å²) < 4.78 is 18.3. The summed E-state index contributed by atoms with van der Waals surface area (Å²) in [7, 11) is 4.14. The van der Waals surface area contributed by atoms with Gasteiger partial charge in [-0.1, -0.05) is 98.1 Å². The molecular weight excluding hydrogens is 550 g/mol. The summed E-state index contributed by atoms with van der Waals surface area (Å²) in [5.74, 6) is 0.321. The van der Waals surface area contributed by atoms with E-state index in [-0.39, 0.29) is 24.4 Å². The number of carbonyl (C=O) groups excluding carboxylic acids is 1. The Balaban J connectivity index is 1.81. The summed E-state index contributed by atoms with van der Waals surface area (Å²) in [6.07, 6.45) is 17.9. The van der Waals surface area contributed by atoms with Crippen LogP contribution in [0.15, 0.2) is 35.7 Å². The maximum Gasteiger partial charge on any atom is 0.306 e. The number of nitrogens with one attached hydrogen (secondary N) is 2. The third-order valence-corrected chi connectivity index (χ3v) is 8.81. The number of allylic oxidation sites excluding steroid dienone is 2. The molecule has 3 atom stereocenters. The zero-order valence-electron chi connectivity index (χ0n) is 29.2. The fourth-order valence-electron chi connectivity index (χ4n) is 6.15. The lowest BCUT2D eigenvalue weighted by molar-refractivity contribution is -0.164. The largest absolute Gasteiger partial charge is 0.462 e. The van der Waals surface area contributed by atoms with E-state index in [1.54, 1.807) is 0 Å². The molecule has 7 nitrogen and oxygen atoms in total. The predicted octanol–water partition coefficient (Wildman–Crippen LogP) is 8.03. The topological polar surface area (TPSA) is 72.1 Å². The molecule has 0 aromatic carbocycles. The van der Waals surface area contributed by atoms with E-state index in [0.717, 1.165) is 67.7 Å². The molecule has 0 spiro atoms. The fraction of sp³-hybridized carbons (Fsp3) is 0.811. The molecule has 2 aliphatic carbocycles. The van der Waals surface area contributed by atoms with Crippen molar-refractivity contribution in [2.75, 3.05) is 40.4 Å². The Labute approximate surface area is 270 Å². The number of rotatable bonds is 26. The van der Waals surface area contributed by atoms with E-state index in [1.165, 1.54) is 64.2 Å². The number of hydrogen-bond donors (Lipinski definition) is 2. The first kappa shape index (κ1) is 38.4. The Bertz CT molecular complexity index is 853. The van der Waals surface area contributed by atoms with Gasteiger partial charge in [0.1, 0.15) is 6.10 Å². The molecular formula is C37H67N3O4. The van der Waals surface area contributed by atoms with E-state index < -0.39 is 0 Å².